The third kappa shape index (κ3) is 4.20. The Morgan fingerprint density at radius 1 is 1.09 bits per heavy atom. The van der Waals surface area contributed by atoms with Crippen LogP contribution in [0.2, 0.25) is 0 Å². The van der Waals surface area contributed by atoms with Crippen molar-refractivity contribution in [1.82, 2.24) is 19.3 Å². The molecule has 0 saturated heterocycles. The van der Waals surface area contributed by atoms with E-state index < -0.39 is 29.4 Å². The molecule has 0 aliphatic carbocycles. The van der Waals surface area contributed by atoms with Crippen molar-refractivity contribution in [3.05, 3.63) is 72.1 Å². The largest absolute Gasteiger partial charge is 0.305 e. The van der Waals surface area contributed by atoms with Gasteiger partial charge in [-0.2, -0.15) is 5.26 Å². The molecule has 0 saturated carbocycles. The summed E-state index contributed by atoms with van der Waals surface area (Å²) in [6.45, 7) is -0.424. The molecule has 2 aromatic heterocycles. The zero-order valence-electron chi connectivity index (χ0n) is 17.5. The lowest BCUT2D eigenvalue weighted by atomic mass is 10.1. The second-order valence-electron chi connectivity index (χ2n) is 7.40. The maximum atomic E-state index is 12.8. The zero-order chi connectivity index (χ0) is 23.6. The van der Waals surface area contributed by atoms with Crippen LogP contribution in [0, 0.1) is 18.3 Å². The molecule has 0 spiro atoms. The first kappa shape index (κ1) is 22.5. The van der Waals surface area contributed by atoms with Gasteiger partial charge in [-0.1, -0.05) is 30.3 Å². The molecule has 0 atom stereocenters. The van der Waals surface area contributed by atoms with Gasteiger partial charge in [-0.05, 0) is 30.7 Å². The molecule has 2 aromatic carbocycles. The molecular weight excluding hydrogens is 448 g/mol. The molecule has 0 amide bonds. The van der Waals surface area contributed by atoms with Gasteiger partial charge in [0.2, 0.25) is 10.0 Å². The van der Waals surface area contributed by atoms with E-state index in [9.17, 15) is 22.5 Å². The van der Waals surface area contributed by atoms with Gasteiger partial charge in [0.15, 0.2) is 5.82 Å². The maximum Gasteiger partial charge on any atom is 0.244 e. The second-order valence-corrected chi connectivity index (χ2v) is 9.11. The number of aromatic nitrogens is 3. The molecule has 33 heavy (non-hydrogen) atoms. The Morgan fingerprint density at radius 2 is 1.76 bits per heavy atom. The van der Waals surface area contributed by atoms with Gasteiger partial charge in [0, 0.05) is 11.1 Å². The minimum absolute atomic E-state index is 0.135. The topological polar surface area (TPSA) is 101 Å². The normalized spacial score (nSPS) is 11.7. The van der Waals surface area contributed by atoms with Crippen molar-refractivity contribution < 1.29 is 17.2 Å². The van der Waals surface area contributed by atoms with Crippen LogP contribution in [-0.2, 0) is 10.0 Å². The predicted molar refractivity (Wildman–Crippen MR) is 120 cm³/mol. The monoisotopic (exact) mass is 467 g/mol. The summed E-state index contributed by atoms with van der Waals surface area (Å²) in [7, 11) is -4.22. The minimum atomic E-state index is -4.22. The minimum Gasteiger partial charge on any atom is -0.305 e. The molecule has 7 nitrogen and oxygen atoms in total. The third-order valence-electron chi connectivity index (χ3n) is 5.09. The van der Waals surface area contributed by atoms with Crippen molar-refractivity contribution in [1.29, 1.82) is 5.26 Å². The van der Waals surface area contributed by atoms with Gasteiger partial charge >= 0.3 is 0 Å². The van der Waals surface area contributed by atoms with Crippen molar-refractivity contribution >= 4 is 20.9 Å². The zero-order valence-corrected chi connectivity index (χ0v) is 18.4. The molecule has 1 N–H and O–H groups in total. The summed E-state index contributed by atoms with van der Waals surface area (Å²) >= 11 is 0. The van der Waals surface area contributed by atoms with Crippen LogP contribution in [0.5, 0.6) is 0 Å². The number of rotatable bonds is 7. The standard InChI is InChI=1S/C23H19F2N5O2S/c1-15-7-8-19-20(12-26)22(30(21(19)9-15)17-5-3-2-4-6-17)23-27-13-18(14-28-23)33(31,32)29-16(10-24)11-25/h2-9,13-14,16,29H,10-11H2,1H3. The molecule has 0 fully saturated rings. The number of para-hydroxylation sites is 1. The van der Waals surface area contributed by atoms with Gasteiger partial charge in [-0.15, -0.1) is 0 Å². The Hall–Kier alpha value is -3.68. The average molecular weight is 468 g/mol. The Labute approximate surface area is 189 Å². The number of sulfonamides is 1. The molecule has 0 unspecified atom stereocenters. The van der Waals surface area contributed by atoms with Crippen molar-refractivity contribution in [2.24, 2.45) is 0 Å². The molecule has 0 radical (unpaired) electrons. The number of aryl methyl sites for hydroxylation is 1. The van der Waals surface area contributed by atoms with E-state index >= 15 is 0 Å². The summed E-state index contributed by atoms with van der Waals surface area (Å²) in [6, 6.07) is 15.8. The van der Waals surface area contributed by atoms with Crippen molar-refractivity contribution in [3.63, 3.8) is 0 Å². The number of nitrogens with zero attached hydrogens (tertiary/aromatic N) is 4. The molecule has 168 valence electrons. The van der Waals surface area contributed by atoms with Crippen LogP contribution >= 0.6 is 0 Å². The fourth-order valence-corrected chi connectivity index (χ4v) is 4.62. The molecule has 4 rings (SSSR count). The van der Waals surface area contributed by atoms with Gasteiger partial charge in [-0.25, -0.2) is 31.9 Å². The lowest BCUT2D eigenvalue weighted by molar-refractivity contribution is 0.334. The summed E-state index contributed by atoms with van der Waals surface area (Å²) < 4.78 is 54.2. The maximum absolute atomic E-state index is 12.8. The molecule has 0 bridgehead atoms. The fraction of sp³-hybridized carbons (Fsp3) is 0.174. The van der Waals surface area contributed by atoms with E-state index in [0.717, 1.165) is 29.2 Å². The van der Waals surface area contributed by atoms with Gasteiger partial charge in [0.25, 0.3) is 0 Å². The van der Waals surface area contributed by atoms with E-state index in [1.807, 2.05) is 64.7 Å². The lowest BCUT2D eigenvalue weighted by Crippen LogP contribution is -2.38. The average Bonchev–Trinajstić information content (AvgIpc) is 3.16. The van der Waals surface area contributed by atoms with Gasteiger partial charge in [-0.3, -0.25) is 0 Å². The van der Waals surface area contributed by atoms with Crippen LogP contribution in [-0.4, -0.2) is 42.3 Å². The molecule has 4 aromatic rings. The van der Waals surface area contributed by atoms with Crippen molar-refractivity contribution in [2.75, 3.05) is 13.3 Å². The van der Waals surface area contributed by atoms with E-state index in [1.54, 1.807) is 0 Å². The quantitative estimate of drug-likeness (QED) is 0.445. The molecule has 0 aliphatic heterocycles. The highest BCUT2D eigenvalue weighted by Gasteiger charge is 2.24. The highest BCUT2D eigenvalue weighted by Crippen LogP contribution is 2.35. The smallest absolute Gasteiger partial charge is 0.244 e. The van der Waals surface area contributed by atoms with Crippen molar-refractivity contribution in [2.45, 2.75) is 17.9 Å². The number of benzene rings is 2. The van der Waals surface area contributed by atoms with Crippen LogP contribution < -0.4 is 4.72 Å². The van der Waals surface area contributed by atoms with Crippen LogP contribution in [0.1, 0.15) is 11.1 Å². The Balaban J connectivity index is 1.89. The number of hydrogen-bond donors (Lipinski definition) is 1. The van der Waals surface area contributed by atoms with Crippen molar-refractivity contribution in [3.8, 4) is 23.3 Å². The summed E-state index contributed by atoms with van der Waals surface area (Å²) in [5.74, 6) is 0.135. The highest BCUT2D eigenvalue weighted by atomic mass is 32.2. The number of hydrogen-bond acceptors (Lipinski definition) is 5. The Bertz CT molecular complexity index is 1440. The van der Waals surface area contributed by atoms with E-state index in [2.05, 4.69) is 16.0 Å². The predicted octanol–water partition coefficient (Wildman–Crippen LogP) is 3.85. The SMILES string of the molecule is Cc1ccc2c(C#N)c(-c3ncc(S(=O)(=O)NC(CF)CF)cn3)n(-c3ccccc3)c2c1. The van der Waals surface area contributed by atoms with Gasteiger partial charge in [0.05, 0.1) is 29.5 Å². The van der Waals surface area contributed by atoms with Crippen LogP contribution in [0.3, 0.4) is 0 Å². The first-order chi connectivity index (χ1) is 15.9. The number of alkyl halides is 2. The Morgan fingerprint density at radius 3 is 2.36 bits per heavy atom. The number of fused-ring (bicyclic) bond motifs is 1. The third-order valence-corrected chi connectivity index (χ3v) is 6.57. The Kier molecular flexibility index (Phi) is 6.18. The first-order valence-corrected chi connectivity index (χ1v) is 11.4. The summed E-state index contributed by atoms with van der Waals surface area (Å²) in [6.07, 6.45) is 2.11. The second kappa shape index (κ2) is 9.05. The van der Waals surface area contributed by atoms with E-state index in [-0.39, 0.29) is 10.7 Å². The highest BCUT2D eigenvalue weighted by molar-refractivity contribution is 7.89. The van der Waals surface area contributed by atoms with Crippen LogP contribution in [0.15, 0.2) is 65.8 Å². The fourth-order valence-electron chi connectivity index (χ4n) is 3.54. The molecular formula is C23H19F2N5O2S. The molecule has 0 aliphatic rings. The van der Waals surface area contributed by atoms with Gasteiger partial charge in [0.1, 0.15) is 30.0 Å². The number of nitrogens with one attached hydrogen (secondary N) is 1. The van der Waals surface area contributed by atoms with E-state index in [4.69, 9.17) is 0 Å². The summed E-state index contributed by atoms with van der Waals surface area (Å²) in [4.78, 5) is 8.06. The number of nitriles is 1. The van der Waals surface area contributed by atoms with Crippen LogP contribution in [0.25, 0.3) is 28.1 Å². The van der Waals surface area contributed by atoms with E-state index in [0.29, 0.717) is 16.6 Å². The number of halogens is 2. The van der Waals surface area contributed by atoms with Crippen LogP contribution in [0.4, 0.5) is 8.78 Å². The van der Waals surface area contributed by atoms with Gasteiger partial charge < -0.3 is 4.57 Å². The first-order valence-electron chi connectivity index (χ1n) is 9.97. The lowest BCUT2D eigenvalue weighted by Gasteiger charge is -2.13. The summed E-state index contributed by atoms with van der Waals surface area (Å²) in [5.41, 5.74) is 3.31. The summed E-state index contributed by atoms with van der Waals surface area (Å²) in [5, 5.41) is 10.7. The molecule has 2 heterocycles. The molecule has 10 heteroatoms. The van der Waals surface area contributed by atoms with E-state index in [1.165, 1.54) is 0 Å².